The van der Waals surface area contributed by atoms with E-state index in [4.69, 9.17) is 0 Å². The van der Waals surface area contributed by atoms with Crippen molar-refractivity contribution in [2.24, 2.45) is 0 Å². The molecule has 0 heterocycles. The summed E-state index contributed by atoms with van der Waals surface area (Å²) in [6.07, 6.45) is 0. The fraction of sp³-hybridized carbons (Fsp3) is 0.667. The zero-order chi connectivity index (χ0) is 20.6. The molecule has 0 amide bonds. The molecule has 0 saturated heterocycles. The minimum atomic E-state index is 0. The van der Waals surface area contributed by atoms with Crippen LogP contribution in [0.4, 0.5) is 0 Å². The molecule has 0 aliphatic carbocycles. The van der Waals surface area contributed by atoms with Crippen LogP contribution in [-0.4, -0.2) is 110 Å². The molecule has 0 fully saturated rings. The fourth-order valence-electron chi connectivity index (χ4n) is 0. The molecule has 0 rings (SSSR count). The Labute approximate surface area is 221 Å². The molecule has 0 aliphatic rings. The van der Waals surface area contributed by atoms with Gasteiger partial charge < -0.3 is 19.6 Å². The van der Waals surface area contributed by atoms with E-state index in [0.29, 0.717) is 17.3 Å². The number of rotatable bonds is 0. The van der Waals surface area contributed by atoms with Gasteiger partial charge in [-0.2, -0.15) is 13.5 Å². The minimum absolute atomic E-state index is 0. The van der Waals surface area contributed by atoms with Crippen LogP contribution >= 0.6 is 113 Å². The average Bonchev–Trinajstić information content (AvgIpc) is 2.40. The third-order valence-electron chi connectivity index (χ3n) is 1.53. The molecule has 0 bridgehead atoms. The number of hydrogen-bond acceptors (Lipinski definition) is 4. The number of hydrogen-bond donors (Lipinski definition) is 4. The van der Waals surface area contributed by atoms with Gasteiger partial charge >= 0.3 is 17.1 Å². The maximum atomic E-state index is 4.61. The van der Waals surface area contributed by atoms with Crippen molar-refractivity contribution in [3.8, 4) is 0 Å². The molecule has 4 nitrogen and oxygen atoms in total. The first kappa shape index (κ1) is 42.0. The Balaban J connectivity index is -0.0000000500. The summed E-state index contributed by atoms with van der Waals surface area (Å²) in [5.74, 6) is 0. The zero-order valence-corrected chi connectivity index (χ0v) is 26.2. The monoisotopic (exact) mass is 600 g/mol. The predicted octanol–water partition coefficient (Wildman–Crippen LogP) is 2.25. The van der Waals surface area contributed by atoms with E-state index < -0.39 is 0 Å². The molecule has 0 aromatic rings. The van der Waals surface area contributed by atoms with Gasteiger partial charge in [0.15, 0.2) is 0 Å². The Hall–Kier alpha value is 1.83. The van der Waals surface area contributed by atoms with Crippen LogP contribution in [-0.2, 0) is 0 Å². The Kier molecular flexibility index (Phi) is 43.4. The van der Waals surface area contributed by atoms with Crippen LogP contribution in [0.3, 0.4) is 0 Å². The first-order valence-electron chi connectivity index (χ1n) is 6.18. The van der Waals surface area contributed by atoms with Gasteiger partial charge in [-0.1, -0.05) is 48.9 Å². The quantitative estimate of drug-likeness (QED) is 0.190. The van der Waals surface area contributed by atoms with E-state index in [1.54, 1.807) is 19.6 Å². The van der Waals surface area contributed by atoms with E-state index in [9.17, 15) is 0 Å². The third kappa shape index (κ3) is 50.1. The molecule has 0 aromatic carbocycles. The Bertz CT molecular complexity index is 319. The van der Waals surface area contributed by atoms with E-state index in [2.05, 4.69) is 99.4 Å². The molecule has 0 N–H and O–H groups in total. The molecule has 26 heavy (non-hydrogen) atoms. The number of thiocarbonyl (C=S) groups is 4. The summed E-state index contributed by atoms with van der Waals surface area (Å²) in [4.78, 5) is 7.05. The van der Waals surface area contributed by atoms with Crippen molar-refractivity contribution < 1.29 is 0 Å². The van der Waals surface area contributed by atoms with Crippen LogP contribution in [0.2, 0.25) is 0 Å². The molecule has 0 radical (unpaired) electrons. The second-order valence-electron chi connectivity index (χ2n) is 4.71. The summed E-state index contributed by atoms with van der Waals surface area (Å²) in [6.45, 7) is 0. The van der Waals surface area contributed by atoms with E-state index in [0.717, 1.165) is 0 Å². The second kappa shape index (κ2) is 26.8. The Morgan fingerprint density at radius 3 is 0.500 bits per heavy atom. The van der Waals surface area contributed by atoms with Crippen LogP contribution in [0.1, 0.15) is 0 Å². The van der Waals surface area contributed by atoms with Gasteiger partial charge in [-0.25, -0.2) is 0 Å². The standard InChI is InChI=1S/4C3H7NS2.H2S.H2Se/c4*1-4(2)3(5)6;;/h4*1-2H3,(H,5,6);2*1H2. The molecule has 0 aromatic heterocycles. The summed E-state index contributed by atoms with van der Waals surface area (Å²) >= 11 is 33.8. The van der Waals surface area contributed by atoms with Gasteiger partial charge in [0.2, 0.25) is 0 Å². The molecule has 0 saturated carbocycles. The van der Waals surface area contributed by atoms with Crippen LogP contribution in [0, 0.1) is 0 Å². The van der Waals surface area contributed by atoms with Gasteiger partial charge in [0.1, 0.15) is 17.3 Å². The van der Waals surface area contributed by atoms with Crippen molar-refractivity contribution in [2.75, 3.05) is 56.4 Å². The van der Waals surface area contributed by atoms with Gasteiger partial charge in [0.05, 0.1) is 0 Å². The average molecular weight is 600 g/mol. The first-order chi connectivity index (χ1) is 10.6. The first-order valence-corrected chi connectivity index (χ1v) is 9.60. The zero-order valence-electron chi connectivity index (χ0n) is 16.2. The molecule has 0 atom stereocenters. The van der Waals surface area contributed by atoms with E-state index in [1.165, 1.54) is 0 Å². The number of thiol groups is 4. The van der Waals surface area contributed by atoms with Crippen LogP contribution < -0.4 is 0 Å². The van der Waals surface area contributed by atoms with Gasteiger partial charge in [0.25, 0.3) is 0 Å². The molecule has 14 heteroatoms. The van der Waals surface area contributed by atoms with Crippen molar-refractivity contribution in [1.29, 1.82) is 0 Å². The van der Waals surface area contributed by atoms with Crippen LogP contribution in [0.25, 0.3) is 0 Å². The summed E-state index contributed by atoms with van der Waals surface area (Å²) in [6, 6.07) is 0. The van der Waals surface area contributed by atoms with Gasteiger partial charge in [0, 0.05) is 56.4 Å². The summed E-state index contributed by atoms with van der Waals surface area (Å²) in [7, 11) is 14.9. The molecule has 0 unspecified atom stereocenters. The molecular formula is C12H32N4S9Se. The van der Waals surface area contributed by atoms with Crippen LogP contribution in [0.5, 0.6) is 0 Å². The second-order valence-corrected chi connectivity index (χ2v) is 9.16. The van der Waals surface area contributed by atoms with Crippen molar-refractivity contribution in [3.05, 3.63) is 0 Å². The van der Waals surface area contributed by atoms with Gasteiger partial charge in [-0.3, -0.25) is 0 Å². The van der Waals surface area contributed by atoms with Crippen molar-refractivity contribution in [1.82, 2.24) is 19.6 Å². The fourth-order valence-corrected chi connectivity index (χ4v) is 0. The normalized spacial score (nSPS) is 7.23. The third-order valence-corrected chi connectivity index (χ3v) is 4.59. The van der Waals surface area contributed by atoms with Crippen LogP contribution in [0.15, 0.2) is 0 Å². The molecule has 0 aliphatic heterocycles. The SMILES string of the molecule is CN(C)C(=S)S.CN(C)C(=S)S.CN(C)C(=S)S.CN(C)C(=S)S.S.[SeH2]. The van der Waals surface area contributed by atoms with Crippen molar-refractivity contribution in [2.45, 2.75) is 0 Å². The molecular weight excluding hydrogens is 568 g/mol. The van der Waals surface area contributed by atoms with Crippen molar-refractivity contribution >= 4 is 147 Å². The summed E-state index contributed by atoms with van der Waals surface area (Å²) < 4.78 is 2.48. The van der Waals surface area contributed by atoms with Gasteiger partial charge in [-0.15, -0.1) is 50.5 Å². The van der Waals surface area contributed by atoms with E-state index in [1.807, 2.05) is 56.4 Å². The maximum absolute atomic E-state index is 4.61. The number of nitrogens with zero attached hydrogens (tertiary/aromatic N) is 4. The predicted molar refractivity (Wildman–Crippen MR) is 160 cm³/mol. The van der Waals surface area contributed by atoms with E-state index >= 15 is 0 Å². The molecule has 160 valence electrons. The van der Waals surface area contributed by atoms with E-state index in [-0.39, 0.29) is 30.6 Å². The topological polar surface area (TPSA) is 13.0 Å². The summed E-state index contributed by atoms with van der Waals surface area (Å²) in [5.41, 5.74) is 0. The Morgan fingerprint density at radius 2 is 0.500 bits per heavy atom. The van der Waals surface area contributed by atoms with Crippen molar-refractivity contribution in [3.63, 3.8) is 0 Å². The van der Waals surface area contributed by atoms with Gasteiger partial charge in [-0.05, 0) is 0 Å². The summed E-state index contributed by atoms with van der Waals surface area (Å²) in [5, 5.41) is 0. The Morgan fingerprint density at radius 1 is 0.462 bits per heavy atom. The molecule has 0 spiro atoms.